The maximum absolute atomic E-state index is 9.65. The van der Waals surface area contributed by atoms with Gasteiger partial charge in [0, 0.05) is 12.1 Å². The van der Waals surface area contributed by atoms with Gasteiger partial charge in [-0.15, -0.1) is 0 Å². The zero-order valence-electron chi connectivity index (χ0n) is 13.4. The number of nitrogen functional groups attached to an aromatic ring is 1. The van der Waals surface area contributed by atoms with Crippen LogP contribution in [0.3, 0.4) is 0 Å². The molecule has 122 valence electrons. The average molecular weight is 329 g/mol. The average Bonchev–Trinajstić information content (AvgIpc) is 2.67. The van der Waals surface area contributed by atoms with E-state index in [9.17, 15) is 10.5 Å². The summed E-state index contributed by atoms with van der Waals surface area (Å²) in [7, 11) is 0. The summed E-state index contributed by atoms with van der Waals surface area (Å²) in [5.41, 5.74) is 8.45. The minimum atomic E-state index is 0.0465. The van der Waals surface area contributed by atoms with E-state index in [1.807, 2.05) is 54.8 Å². The smallest absolute Gasteiger partial charge is 0.234 e. The molecule has 1 aliphatic heterocycles. The molecule has 0 atom stereocenters. The molecule has 1 aromatic heterocycles. The van der Waals surface area contributed by atoms with Gasteiger partial charge in [-0.05, 0) is 23.4 Å². The lowest BCUT2D eigenvalue weighted by Crippen LogP contribution is -2.13. The highest BCUT2D eigenvalue weighted by Gasteiger charge is 2.21. The van der Waals surface area contributed by atoms with E-state index in [1.165, 1.54) is 0 Å². The first kappa shape index (κ1) is 16.1. The summed E-state index contributed by atoms with van der Waals surface area (Å²) in [6, 6.07) is 13.3. The van der Waals surface area contributed by atoms with Crippen molar-refractivity contribution in [1.29, 1.82) is 10.5 Å². The van der Waals surface area contributed by atoms with Crippen LogP contribution in [0.4, 0.5) is 5.82 Å². The molecule has 6 nitrogen and oxygen atoms in total. The Balaban J connectivity index is 2.06. The van der Waals surface area contributed by atoms with E-state index in [0.717, 1.165) is 17.7 Å². The highest BCUT2D eigenvalue weighted by molar-refractivity contribution is 5.82. The molecule has 0 fully saturated rings. The molecule has 0 bridgehead atoms. The van der Waals surface area contributed by atoms with Gasteiger partial charge < -0.3 is 15.8 Å². The van der Waals surface area contributed by atoms with Crippen LogP contribution in [0.15, 0.2) is 54.3 Å². The lowest BCUT2D eigenvalue weighted by atomic mass is 9.96. The van der Waals surface area contributed by atoms with Crippen molar-refractivity contribution in [1.82, 2.24) is 10.3 Å². The lowest BCUT2D eigenvalue weighted by molar-refractivity contribution is 0.340. The molecule has 1 aliphatic rings. The van der Waals surface area contributed by atoms with Crippen molar-refractivity contribution < 1.29 is 4.74 Å². The van der Waals surface area contributed by atoms with Gasteiger partial charge in [-0.25, -0.2) is 0 Å². The Bertz CT molecular complexity index is 933. The molecular formula is C19H15N5O. The minimum Gasteiger partial charge on any atom is -0.472 e. The zero-order chi connectivity index (χ0) is 17.6. The first-order valence-electron chi connectivity index (χ1n) is 7.65. The third-order valence-corrected chi connectivity index (χ3v) is 3.75. The topological polar surface area (TPSA) is 108 Å². The van der Waals surface area contributed by atoms with Crippen LogP contribution in [0.5, 0.6) is 5.88 Å². The van der Waals surface area contributed by atoms with E-state index >= 15 is 0 Å². The Morgan fingerprint density at radius 2 is 1.92 bits per heavy atom. The number of nitrogens with two attached hydrogens (primary N) is 1. The lowest BCUT2D eigenvalue weighted by Gasteiger charge is -2.15. The van der Waals surface area contributed by atoms with Gasteiger partial charge in [-0.3, -0.25) is 0 Å². The number of aromatic nitrogens is 1. The van der Waals surface area contributed by atoms with Gasteiger partial charge in [0.2, 0.25) is 5.88 Å². The Hall–Kier alpha value is -3.77. The van der Waals surface area contributed by atoms with Crippen molar-refractivity contribution in [3.05, 3.63) is 65.4 Å². The van der Waals surface area contributed by atoms with E-state index in [0.29, 0.717) is 5.56 Å². The molecule has 3 N–H and O–H groups in total. The summed E-state index contributed by atoms with van der Waals surface area (Å²) in [6.45, 7) is 0.984. The van der Waals surface area contributed by atoms with Crippen LogP contribution in [-0.2, 0) is 0 Å². The molecule has 0 amide bonds. The maximum Gasteiger partial charge on any atom is 0.234 e. The standard InChI is InChI=1S/C19H15N5O/c20-10-15-17(14-4-2-1-3-5-14)16(11-21)19(24-18(15)22)25-12-13-6-8-23-9-7-13/h1-8,23H,9,12H2,(H2,22,24). The largest absolute Gasteiger partial charge is 0.472 e. The number of dihydropyridines is 1. The maximum atomic E-state index is 9.65. The molecule has 0 aliphatic carbocycles. The fraction of sp³-hybridized carbons (Fsp3) is 0.105. The first-order chi connectivity index (χ1) is 12.2. The summed E-state index contributed by atoms with van der Waals surface area (Å²) in [5, 5.41) is 22.2. The molecular weight excluding hydrogens is 314 g/mol. The van der Waals surface area contributed by atoms with E-state index in [1.54, 1.807) is 0 Å². The number of nitrogens with zero attached hydrogens (tertiary/aromatic N) is 3. The zero-order valence-corrected chi connectivity index (χ0v) is 13.4. The number of nitrogens with one attached hydrogen (secondary N) is 1. The summed E-state index contributed by atoms with van der Waals surface area (Å²) in [6.07, 6.45) is 5.71. The van der Waals surface area contributed by atoms with Crippen molar-refractivity contribution in [3.8, 4) is 29.1 Å². The van der Waals surface area contributed by atoms with Crippen molar-refractivity contribution in [2.75, 3.05) is 18.9 Å². The van der Waals surface area contributed by atoms with Crippen LogP contribution in [0.25, 0.3) is 11.1 Å². The predicted octanol–water partition coefficient (Wildman–Crippen LogP) is 2.50. The summed E-state index contributed by atoms with van der Waals surface area (Å²) in [4.78, 5) is 4.13. The molecule has 0 unspecified atom stereocenters. The summed E-state index contributed by atoms with van der Waals surface area (Å²) >= 11 is 0. The van der Waals surface area contributed by atoms with Crippen LogP contribution >= 0.6 is 0 Å². The number of hydrogen-bond acceptors (Lipinski definition) is 6. The van der Waals surface area contributed by atoms with Gasteiger partial charge in [-0.1, -0.05) is 36.4 Å². The summed E-state index contributed by atoms with van der Waals surface area (Å²) in [5.74, 6) is 0.177. The number of ether oxygens (including phenoxy) is 1. The number of hydrogen-bond donors (Lipinski definition) is 2. The predicted molar refractivity (Wildman–Crippen MR) is 94.2 cm³/mol. The van der Waals surface area contributed by atoms with Gasteiger partial charge in [0.05, 0.1) is 0 Å². The molecule has 0 saturated carbocycles. The van der Waals surface area contributed by atoms with Gasteiger partial charge in [0.1, 0.15) is 35.7 Å². The van der Waals surface area contributed by atoms with Crippen LogP contribution in [0, 0.1) is 22.7 Å². The van der Waals surface area contributed by atoms with Crippen LogP contribution in [-0.4, -0.2) is 18.1 Å². The Labute approximate surface area is 145 Å². The van der Waals surface area contributed by atoms with Crippen molar-refractivity contribution in [3.63, 3.8) is 0 Å². The van der Waals surface area contributed by atoms with Crippen molar-refractivity contribution >= 4 is 5.82 Å². The Morgan fingerprint density at radius 1 is 1.16 bits per heavy atom. The number of benzene rings is 1. The molecule has 25 heavy (non-hydrogen) atoms. The molecule has 0 saturated heterocycles. The third-order valence-electron chi connectivity index (χ3n) is 3.75. The van der Waals surface area contributed by atoms with Crippen molar-refractivity contribution in [2.45, 2.75) is 0 Å². The number of pyridine rings is 1. The monoisotopic (exact) mass is 329 g/mol. The number of anilines is 1. The van der Waals surface area contributed by atoms with Gasteiger partial charge in [0.25, 0.3) is 0 Å². The van der Waals surface area contributed by atoms with E-state index in [-0.39, 0.29) is 29.4 Å². The molecule has 1 aromatic carbocycles. The van der Waals surface area contributed by atoms with Crippen molar-refractivity contribution in [2.24, 2.45) is 0 Å². The molecule has 2 aromatic rings. The second-order valence-corrected chi connectivity index (χ2v) is 5.33. The normalized spacial score (nSPS) is 12.5. The molecule has 0 radical (unpaired) electrons. The SMILES string of the molecule is N#Cc1c(N)nc(OCC2=CCNC=C2)c(C#N)c1-c1ccccc1. The fourth-order valence-electron chi connectivity index (χ4n) is 2.55. The third kappa shape index (κ3) is 3.29. The highest BCUT2D eigenvalue weighted by Crippen LogP contribution is 2.35. The van der Waals surface area contributed by atoms with E-state index in [2.05, 4.69) is 16.4 Å². The Morgan fingerprint density at radius 3 is 2.56 bits per heavy atom. The highest BCUT2D eigenvalue weighted by atomic mass is 16.5. The molecule has 3 rings (SSSR count). The molecule has 6 heteroatoms. The quantitative estimate of drug-likeness (QED) is 0.892. The van der Waals surface area contributed by atoms with Gasteiger partial charge >= 0.3 is 0 Å². The Kier molecular flexibility index (Phi) is 4.64. The van der Waals surface area contributed by atoms with Crippen LogP contribution in [0.2, 0.25) is 0 Å². The second-order valence-electron chi connectivity index (χ2n) is 5.33. The minimum absolute atomic E-state index is 0.0465. The number of nitriles is 2. The van der Waals surface area contributed by atoms with Crippen LogP contribution in [0.1, 0.15) is 11.1 Å². The second kappa shape index (κ2) is 7.20. The van der Waals surface area contributed by atoms with Crippen LogP contribution < -0.4 is 15.8 Å². The van der Waals surface area contributed by atoms with Gasteiger partial charge in [-0.2, -0.15) is 15.5 Å². The van der Waals surface area contributed by atoms with Gasteiger partial charge in [0.15, 0.2) is 0 Å². The molecule has 2 heterocycles. The fourth-order valence-corrected chi connectivity index (χ4v) is 2.55. The first-order valence-corrected chi connectivity index (χ1v) is 7.65. The van der Waals surface area contributed by atoms with E-state index in [4.69, 9.17) is 10.5 Å². The molecule has 0 spiro atoms. The number of rotatable bonds is 4. The summed E-state index contributed by atoms with van der Waals surface area (Å²) < 4.78 is 5.74. The van der Waals surface area contributed by atoms with E-state index < -0.39 is 0 Å².